The molecule has 1 aliphatic heterocycles. The van der Waals surface area contributed by atoms with Crippen molar-refractivity contribution in [2.45, 2.75) is 26.7 Å². The molecule has 1 aromatic heterocycles. The number of carbonyl (C=O) groups excluding carboxylic acids is 1. The Bertz CT molecular complexity index is 663. The van der Waals surface area contributed by atoms with Crippen LogP contribution in [0, 0.1) is 11.8 Å². The zero-order valence-electron chi connectivity index (χ0n) is 12.6. The summed E-state index contributed by atoms with van der Waals surface area (Å²) in [6, 6.07) is 5.60. The van der Waals surface area contributed by atoms with Gasteiger partial charge < -0.3 is 15.1 Å². The largest absolute Gasteiger partial charge is 0.440 e. The normalized spacial score (nSPS) is 22.1. The summed E-state index contributed by atoms with van der Waals surface area (Å²) in [6.45, 7) is 7.83. The first-order chi connectivity index (χ1) is 10.0. The summed E-state index contributed by atoms with van der Waals surface area (Å²) >= 11 is 0. The number of nitrogens with zero attached hydrogens (tertiary/aromatic N) is 1. The van der Waals surface area contributed by atoms with Crippen LogP contribution in [0.4, 0.5) is 5.69 Å². The highest BCUT2D eigenvalue weighted by Gasteiger charge is 2.29. The summed E-state index contributed by atoms with van der Waals surface area (Å²) in [5.74, 6) is 1.44. The van der Waals surface area contributed by atoms with Crippen molar-refractivity contribution in [3.8, 4) is 0 Å². The van der Waals surface area contributed by atoms with Crippen molar-refractivity contribution in [3.63, 3.8) is 0 Å². The van der Waals surface area contributed by atoms with Gasteiger partial charge in [-0.25, -0.2) is 4.98 Å². The van der Waals surface area contributed by atoms with Crippen LogP contribution in [0.25, 0.3) is 11.1 Å². The van der Waals surface area contributed by atoms with E-state index in [2.05, 4.69) is 22.5 Å². The number of rotatable bonds is 3. The number of amides is 1. The molecule has 0 bridgehead atoms. The zero-order valence-corrected chi connectivity index (χ0v) is 12.6. The molecular formula is C16H21N3O2. The lowest BCUT2D eigenvalue weighted by Crippen LogP contribution is -2.27. The first-order valence-electron chi connectivity index (χ1n) is 7.46. The lowest BCUT2D eigenvalue weighted by atomic mass is 9.97. The molecule has 112 valence electrons. The lowest BCUT2D eigenvalue weighted by Gasteiger charge is -2.14. The fourth-order valence-electron chi connectivity index (χ4n) is 2.67. The van der Waals surface area contributed by atoms with Gasteiger partial charge in [0.25, 0.3) is 0 Å². The van der Waals surface area contributed by atoms with Crippen molar-refractivity contribution in [2.75, 3.05) is 18.4 Å². The number of hydrogen-bond donors (Lipinski definition) is 2. The van der Waals surface area contributed by atoms with Crippen molar-refractivity contribution in [1.29, 1.82) is 0 Å². The number of benzene rings is 1. The van der Waals surface area contributed by atoms with E-state index in [1.165, 1.54) is 0 Å². The van der Waals surface area contributed by atoms with Gasteiger partial charge >= 0.3 is 0 Å². The Morgan fingerprint density at radius 3 is 2.90 bits per heavy atom. The SMILES string of the molecule is CC(C)c1nc2cc(NC(=O)C3CNCC3C)ccc2o1. The van der Waals surface area contributed by atoms with Gasteiger partial charge in [-0.1, -0.05) is 20.8 Å². The van der Waals surface area contributed by atoms with Gasteiger partial charge in [-0.05, 0) is 30.7 Å². The van der Waals surface area contributed by atoms with E-state index >= 15 is 0 Å². The summed E-state index contributed by atoms with van der Waals surface area (Å²) in [5, 5.41) is 6.23. The molecule has 2 heterocycles. The van der Waals surface area contributed by atoms with Gasteiger partial charge in [0.05, 0.1) is 5.92 Å². The van der Waals surface area contributed by atoms with Crippen LogP contribution in [-0.2, 0) is 4.79 Å². The Morgan fingerprint density at radius 1 is 1.43 bits per heavy atom. The molecule has 5 heteroatoms. The van der Waals surface area contributed by atoms with E-state index in [9.17, 15) is 4.79 Å². The molecule has 0 radical (unpaired) electrons. The van der Waals surface area contributed by atoms with Crippen LogP contribution in [0.3, 0.4) is 0 Å². The van der Waals surface area contributed by atoms with Crippen LogP contribution in [0.1, 0.15) is 32.6 Å². The van der Waals surface area contributed by atoms with Gasteiger partial charge in [0.2, 0.25) is 5.91 Å². The van der Waals surface area contributed by atoms with Crippen LogP contribution in [-0.4, -0.2) is 24.0 Å². The van der Waals surface area contributed by atoms with Crippen molar-refractivity contribution in [2.24, 2.45) is 11.8 Å². The summed E-state index contributed by atoms with van der Waals surface area (Å²) < 4.78 is 5.67. The first-order valence-corrected chi connectivity index (χ1v) is 7.46. The summed E-state index contributed by atoms with van der Waals surface area (Å²) in [7, 11) is 0. The maximum Gasteiger partial charge on any atom is 0.229 e. The Labute approximate surface area is 124 Å². The minimum absolute atomic E-state index is 0.0317. The number of carbonyl (C=O) groups is 1. The molecular weight excluding hydrogens is 266 g/mol. The van der Waals surface area contributed by atoms with Crippen LogP contribution < -0.4 is 10.6 Å². The fourth-order valence-corrected chi connectivity index (χ4v) is 2.67. The maximum absolute atomic E-state index is 12.3. The number of hydrogen-bond acceptors (Lipinski definition) is 4. The van der Waals surface area contributed by atoms with Crippen LogP contribution in [0.5, 0.6) is 0 Å². The molecule has 0 saturated carbocycles. The Morgan fingerprint density at radius 2 is 2.24 bits per heavy atom. The standard InChI is InChI=1S/C16H21N3O2/c1-9(2)16-19-13-6-11(4-5-14(13)21-16)18-15(20)12-8-17-7-10(12)3/h4-6,9-10,12,17H,7-8H2,1-3H3,(H,18,20). The third-order valence-corrected chi connectivity index (χ3v) is 4.02. The number of aromatic nitrogens is 1. The molecule has 3 rings (SSSR count). The highest BCUT2D eigenvalue weighted by molar-refractivity contribution is 5.94. The van der Waals surface area contributed by atoms with E-state index in [0.717, 1.165) is 35.8 Å². The predicted molar refractivity (Wildman–Crippen MR) is 82.3 cm³/mol. The molecule has 21 heavy (non-hydrogen) atoms. The minimum atomic E-state index is 0.0317. The maximum atomic E-state index is 12.3. The van der Waals surface area contributed by atoms with Crippen molar-refractivity contribution < 1.29 is 9.21 Å². The molecule has 1 amide bonds. The molecule has 2 aromatic rings. The van der Waals surface area contributed by atoms with Crippen molar-refractivity contribution in [3.05, 3.63) is 24.1 Å². The average molecular weight is 287 g/mol. The van der Waals surface area contributed by atoms with E-state index < -0.39 is 0 Å². The quantitative estimate of drug-likeness (QED) is 0.911. The van der Waals surface area contributed by atoms with Gasteiger partial charge in [-0.3, -0.25) is 4.79 Å². The zero-order chi connectivity index (χ0) is 15.0. The van der Waals surface area contributed by atoms with E-state index in [0.29, 0.717) is 5.92 Å². The predicted octanol–water partition coefficient (Wildman–Crippen LogP) is 2.75. The summed E-state index contributed by atoms with van der Waals surface area (Å²) in [5.41, 5.74) is 2.32. The molecule has 5 nitrogen and oxygen atoms in total. The number of nitrogens with one attached hydrogen (secondary N) is 2. The van der Waals surface area contributed by atoms with E-state index in [-0.39, 0.29) is 17.7 Å². The number of fused-ring (bicyclic) bond motifs is 1. The Hall–Kier alpha value is -1.88. The van der Waals surface area contributed by atoms with Gasteiger partial charge in [-0.15, -0.1) is 0 Å². The number of anilines is 1. The van der Waals surface area contributed by atoms with Gasteiger partial charge in [0, 0.05) is 18.2 Å². The Kier molecular flexibility index (Phi) is 3.68. The molecule has 2 N–H and O–H groups in total. The van der Waals surface area contributed by atoms with Crippen LogP contribution in [0.2, 0.25) is 0 Å². The Balaban J connectivity index is 1.79. The minimum Gasteiger partial charge on any atom is -0.440 e. The van der Waals surface area contributed by atoms with Crippen LogP contribution in [0.15, 0.2) is 22.6 Å². The molecule has 1 saturated heterocycles. The van der Waals surface area contributed by atoms with Crippen molar-refractivity contribution in [1.82, 2.24) is 10.3 Å². The average Bonchev–Trinajstić information content (AvgIpc) is 3.04. The van der Waals surface area contributed by atoms with E-state index in [4.69, 9.17) is 4.42 Å². The topological polar surface area (TPSA) is 67.2 Å². The lowest BCUT2D eigenvalue weighted by molar-refractivity contribution is -0.120. The molecule has 1 aromatic carbocycles. The van der Waals surface area contributed by atoms with E-state index in [1.807, 2.05) is 32.0 Å². The molecule has 1 fully saturated rings. The van der Waals surface area contributed by atoms with Gasteiger partial charge in [-0.2, -0.15) is 0 Å². The highest BCUT2D eigenvalue weighted by Crippen LogP contribution is 2.25. The van der Waals surface area contributed by atoms with Gasteiger partial charge in [0.15, 0.2) is 11.5 Å². The molecule has 0 aliphatic carbocycles. The smallest absolute Gasteiger partial charge is 0.229 e. The fraction of sp³-hybridized carbons (Fsp3) is 0.500. The second-order valence-corrected chi connectivity index (χ2v) is 6.12. The van der Waals surface area contributed by atoms with Crippen LogP contribution >= 0.6 is 0 Å². The molecule has 1 aliphatic rings. The van der Waals surface area contributed by atoms with E-state index in [1.54, 1.807) is 0 Å². The first kappa shape index (κ1) is 14.1. The third kappa shape index (κ3) is 2.78. The van der Waals surface area contributed by atoms with Gasteiger partial charge in [0.1, 0.15) is 5.52 Å². The van der Waals surface area contributed by atoms with Crippen molar-refractivity contribution >= 4 is 22.7 Å². The second-order valence-electron chi connectivity index (χ2n) is 6.12. The third-order valence-electron chi connectivity index (χ3n) is 4.02. The highest BCUT2D eigenvalue weighted by atomic mass is 16.3. The number of oxazole rings is 1. The summed E-state index contributed by atoms with van der Waals surface area (Å²) in [6.07, 6.45) is 0. The second kappa shape index (κ2) is 5.48. The molecule has 0 spiro atoms. The molecule has 2 unspecified atom stereocenters. The monoisotopic (exact) mass is 287 g/mol. The molecule has 2 atom stereocenters. The summed E-state index contributed by atoms with van der Waals surface area (Å²) in [4.78, 5) is 16.7.